The molecule has 0 atom stereocenters. The molecule has 2 heteroatoms. The average Bonchev–Trinajstić information content (AvgIpc) is 2.41. The van der Waals surface area contributed by atoms with Crippen LogP contribution in [0, 0.1) is 0 Å². The topological polar surface area (TPSA) is 20.3 Å². The predicted octanol–water partition coefficient (Wildman–Crippen LogP) is 2.80. The number of carbonyl (C=O) groups excluding carboxylic acids is 1. The van der Waals surface area contributed by atoms with Gasteiger partial charge in [-0.15, -0.1) is 0 Å². The maximum atomic E-state index is 11.8. The lowest BCUT2D eigenvalue weighted by Gasteiger charge is -2.25. The molecule has 0 radical (unpaired) electrons. The molecule has 2 rings (SSSR count). The molecule has 0 aromatic heterocycles. The second-order valence-corrected chi connectivity index (χ2v) is 4.48. The van der Waals surface area contributed by atoms with Crippen molar-refractivity contribution in [3.8, 4) is 0 Å². The van der Waals surface area contributed by atoms with Gasteiger partial charge in [0.2, 0.25) is 5.91 Å². The summed E-state index contributed by atoms with van der Waals surface area (Å²) in [5.74, 6) is 0.167. The molecule has 0 unspecified atom stereocenters. The molecule has 1 fully saturated rings. The standard InChI is InChI=1S/C15H19NO/c17-15(16-12-5-2-6-13-16)11-7-10-14-8-3-1-4-9-14/h1,3-4,7-9,11H,2,5-6,10,12-13H2/b11-7+. The van der Waals surface area contributed by atoms with E-state index in [-0.39, 0.29) is 5.91 Å². The molecule has 17 heavy (non-hydrogen) atoms. The van der Waals surface area contributed by atoms with Crippen molar-refractivity contribution in [1.82, 2.24) is 4.90 Å². The summed E-state index contributed by atoms with van der Waals surface area (Å²) in [6.45, 7) is 1.85. The maximum absolute atomic E-state index is 11.8. The lowest BCUT2D eigenvalue weighted by atomic mass is 10.1. The number of rotatable bonds is 3. The molecule has 0 bridgehead atoms. The third-order valence-corrected chi connectivity index (χ3v) is 3.12. The van der Waals surface area contributed by atoms with E-state index in [0.717, 1.165) is 32.4 Å². The molecule has 90 valence electrons. The summed E-state index contributed by atoms with van der Waals surface area (Å²) < 4.78 is 0. The molecule has 1 aromatic carbocycles. The number of likely N-dealkylation sites (tertiary alicyclic amines) is 1. The first-order valence-electron chi connectivity index (χ1n) is 6.35. The number of hydrogen-bond donors (Lipinski definition) is 0. The summed E-state index contributed by atoms with van der Waals surface area (Å²) in [7, 11) is 0. The van der Waals surface area contributed by atoms with Gasteiger partial charge < -0.3 is 4.90 Å². The van der Waals surface area contributed by atoms with Crippen LogP contribution in [0.4, 0.5) is 0 Å². The van der Waals surface area contributed by atoms with Gasteiger partial charge in [-0.25, -0.2) is 0 Å². The van der Waals surface area contributed by atoms with Crippen molar-refractivity contribution in [2.24, 2.45) is 0 Å². The van der Waals surface area contributed by atoms with E-state index in [1.165, 1.54) is 12.0 Å². The molecule has 0 spiro atoms. The molecule has 1 saturated heterocycles. The van der Waals surface area contributed by atoms with Crippen LogP contribution in [-0.4, -0.2) is 23.9 Å². The minimum Gasteiger partial charge on any atom is -0.339 e. The highest BCUT2D eigenvalue weighted by Crippen LogP contribution is 2.09. The van der Waals surface area contributed by atoms with Crippen LogP contribution in [0.25, 0.3) is 0 Å². The summed E-state index contributed by atoms with van der Waals surface area (Å²) in [6.07, 6.45) is 8.08. The number of benzene rings is 1. The van der Waals surface area contributed by atoms with E-state index in [1.807, 2.05) is 29.2 Å². The first-order valence-corrected chi connectivity index (χ1v) is 6.35. The number of amides is 1. The van der Waals surface area contributed by atoms with Crippen LogP contribution in [0.3, 0.4) is 0 Å². The smallest absolute Gasteiger partial charge is 0.246 e. The SMILES string of the molecule is O=C(/C=C/Cc1ccccc1)N1CCCCC1. The van der Waals surface area contributed by atoms with Crippen LogP contribution in [0.15, 0.2) is 42.5 Å². The zero-order valence-electron chi connectivity index (χ0n) is 10.1. The molecular formula is C15H19NO. The third kappa shape index (κ3) is 3.74. The van der Waals surface area contributed by atoms with E-state index < -0.39 is 0 Å². The maximum Gasteiger partial charge on any atom is 0.246 e. The molecular weight excluding hydrogens is 210 g/mol. The van der Waals surface area contributed by atoms with Gasteiger partial charge in [0.1, 0.15) is 0 Å². The molecule has 0 saturated carbocycles. The highest BCUT2D eigenvalue weighted by atomic mass is 16.2. The average molecular weight is 229 g/mol. The van der Waals surface area contributed by atoms with E-state index >= 15 is 0 Å². The van der Waals surface area contributed by atoms with Crippen LogP contribution >= 0.6 is 0 Å². The zero-order chi connectivity index (χ0) is 11.9. The first-order chi connectivity index (χ1) is 8.36. The Kier molecular flexibility index (Phi) is 4.37. The molecule has 0 N–H and O–H groups in total. The van der Waals surface area contributed by atoms with E-state index in [4.69, 9.17) is 0 Å². The van der Waals surface area contributed by atoms with Crippen molar-refractivity contribution >= 4 is 5.91 Å². The molecule has 1 aliphatic heterocycles. The number of allylic oxidation sites excluding steroid dienone is 1. The largest absolute Gasteiger partial charge is 0.339 e. The summed E-state index contributed by atoms with van der Waals surface area (Å²) in [5, 5.41) is 0. The van der Waals surface area contributed by atoms with Gasteiger partial charge in [-0.2, -0.15) is 0 Å². The number of hydrogen-bond acceptors (Lipinski definition) is 1. The predicted molar refractivity (Wildman–Crippen MR) is 69.7 cm³/mol. The number of piperidine rings is 1. The Balaban J connectivity index is 1.82. The van der Waals surface area contributed by atoms with Crippen molar-refractivity contribution in [3.63, 3.8) is 0 Å². The van der Waals surface area contributed by atoms with Crippen molar-refractivity contribution in [3.05, 3.63) is 48.0 Å². The summed E-state index contributed by atoms with van der Waals surface area (Å²) in [4.78, 5) is 13.8. The lowest BCUT2D eigenvalue weighted by Crippen LogP contribution is -2.34. The molecule has 1 aliphatic rings. The second kappa shape index (κ2) is 6.24. The van der Waals surface area contributed by atoms with Crippen LogP contribution in [0.5, 0.6) is 0 Å². The summed E-state index contributed by atoms with van der Waals surface area (Å²) >= 11 is 0. The normalized spacial score (nSPS) is 16.4. The Morgan fingerprint density at radius 1 is 1.12 bits per heavy atom. The fraction of sp³-hybridized carbons (Fsp3) is 0.400. The monoisotopic (exact) mass is 229 g/mol. The zero-order valence-corrected chi connectivity index (χ0v) is 10.1. The third-order valence-electron chi connectivity index (χ3n) is 3.12. The molecule has 0 aliphatic carbocycles. The van der Waals surface area contributed by atoms with Crippen LogP contribution in [0.1, 0.15) is 24.8 Å². The van der Waals surface area contributed by atoms with Crippen molar-refractivity contribution in [2.75, 3.05) is 13.1 Å². The van der Waals surface area contributed by atoms with Gasteiger partial charge in [0.15, 0.2) is 0 Å². The fourth-order valence-corrected chi connectivity index (χ4v) is 2.13. The summed E-state index contributed by atoms with van der Waals surface area (Å²) in [5.41, 5.74) is 1.25. The quantitative estimate of drug-likeness (QED) is 0.730. The first kappa shape index (κ1) is 11.9. The highest BCUT2D eigenvalue weighted by molar-refractivity contribution is 5.87. The van der Waals surface area contributed by atoms with Gasteiger partial charge in [-0.05, 0) is 37.3 Å². The van der Waals surface area contributed by atoms with E-state index in [9.17, 15) is 4.79 Å². The number of nitrogens with zero attached hydrogens (tertiary/aromatic N) is 1. The van der Waals surface area contributed by atoms with E-state index in [0.29, 0.717) is 0 Å². The molecule has 1 heterocycles. The lowest BCUT2D eigenvalue weighted by molar-refractivity contribution is -0.126. The van der Waals surface area contributed by atoms with Gasteiger partial charge in [0.05, 0.1) is 0 Å². The van der Waals surface area contributed by atoms with Crippen molar-refractivity contribution < 1.29 is 4.79 Å². The van der Waals surface area contributed by atoms with Crippen molar-refractivity contribution in [2.45, 2.75) is 25.7 Å². The van der Waals surface area contributed by atoms with E-state index in [2.05, 4.69) is 12.1 Å². The second-order valence-electron chi connectivity index (χ2n) is 4.48. The minimum absolute atomic E-state index is 0.167. The van der Waals surface area contributed by atoms with E-state index in [1.54, 1.807) is 6.08 Å². The van der Waals surface area contributed by atoms with Crippen molar-refractivity contribution in [1.29, 1.82) is 0 Å². The molecule has 2 nitrogen and oxygen atoms in total. The Labute approximate surface area is 103 Å². The number of carbonyl (C=O) groups is 1. The summed E-state index contributed by atoms with van der Waals surface area (Å²) in [6, 6.07) is 10.2. The molecule has 1 amide bonds. The fourth-order valence-electron chi connectivity index (χ4n) is 2.13. The highest BCUT2D eigenvalue weighted by Gasteiger charge is 2.13. The van der Waals surface area contributed by atoms with Gasteiger partial charge >= 0.3 is 0 Å². The van der Waals surface area contributed by atoms with Crippen LogP contribution < -0.4 is 0 Å². The Morgan fingerprint density at radius 3 is 2.53 bits per heavy atom. The van der Waals surface area contributed by atoms with Crippen LogP contribution in [-0.2, 0) is 11.2 Å². The Morgan fingerprint density at radius 2 is 1.82 bits per heavy atom. The Hall–Kier alpha value is -1.57. The Bertz CT molecular complexity index is 377. The minimum atomic E-state index is 0.167. The van der Waals surface area contributed by atoms with Gasteiger partial charge in [-0.1, -0.05) is 36.4 Å². The van der Waals surface area contributed by atoms with Gasteiger partial charge in [0, 0.05) is 13.1 Å². The van der Waals surface area contributed by atoms with Crippen LogP contribution in [0.2, 0.25) is 0 Å². The van der Waals surface area contributed by atoms with Gasteiger partial charge in [0.25, 0.3) is 0 Å². The van der Waals surface area contributed by atoms with Gasteiger partial charge in [-0.3, -0.25) is 4.79 Å². The molecule has 1 aromatic rings.